The van der Waals surface area contributed by atoms with Gasteiger partial charge in [-0.2, -0.15) is 4.98 Å². The fourth-order valence-corrected chi connectivity index (χ4v) is 4.04. The number of halogens is 1. The number of thiazole rings is 1. The summed E-state index contributed by atoms with van der Waals surface area (Å²) in [5, 5.41) is 7.44. The van der Waals surface area contributed by atoms with Crippen molar-refractivity contribution >= 4 is 23.7 Å². The summed E-state index contributed by atoms with van der Waals surface area (Å²) in [6.45, 7) is 5.09. The van der Waals surface area contributed by atoms with Gasteiger partial charge in [-0.25, -0.2) is 4.98 Å². The van der Waals surface area contributed by atoms with E-state index in [1.807, 2.05) is 0 Å². The molecule has 1 saturated heterocycles. The summed E-state index contributed by atoms with van der Waals surface area (Å²) in [4.78, 5) is 11.6. The zero-order valence-electron chi connectivity index (χ0n) is 13.9. The van der Waals surface area contributed by atoms with E-state index in [-0.39, 0.29) is 17.9 Å². The molecule has 0 atom stereocenters. The highest BCUT2D eigenvalue weighted by molar-refractivity contribution is 7.09. The molecule has 0 spiro atoms. The van der Waals surface area contributed by atoms with Gasteiger partial charge in [0.1, 0.15) is 0 Å². The molecule has 2 aromatic heterocycles. The maximum Gasteiger partial charge on any atom is 0.229 e. The highest BCUT2D eigenvalue weighted by Crippen LogP contribution is 2.38. The van der Waals surface area contributed by atoms with E-state index in [9.17, 15) is 0 Å². The van der Waals surface area contributed by atoms with Gasteiger partial charge in [0.05, 0.1) is 16.2 Å². The molecule has 1 aliphatic heterocycles. The van der Waals surface area contributed by atoms with E-state index in [0.717, 1.165) is 62.6 Å². The Morgan fingerprint density at radius 1 is 1.33 bits per heavy atom. The summed E-state index contributed by atoms with van der Waals surface area (Å²) >= 11 is 1.72. The Morgan fingerprint density at radius 3 is 2.67 bits per heavy atom. The summed E-state index contributed by atoms with van der Waals surface area (Å²) in [7, 11) is 0. The summed E-state index contributed by atoms with van der Waals surface area (Å²) in [5.41, 5.74) is 7.13. The van der Waals surface area contributed by atoms with Gasteiger partial charge in [0.25, 0.3) is 0 Å². The zero-order chi connectivity index (χ0) is 15.9. The number of rotatable bonds is 4. The SMILES string of the molecule is Cc1nc(CN2CCC(c3nc(C4(N)CCC4)no3)CC2)cs1.Cl. The van der Waals surface area contributed by atoms with Crippen LogP contribution < -0.4 is 5.73 Å². The van der Waals surface area contributed by atoms with Gasteiger partial charge in [-0.3, -0.25) is 4.90 Å². The van der Waals surface area contributed by atoms with Crippen molar-refractivity contribution in [2.24, 2.45) is 5.73 Å². The summed E-state index contributed by atoms with van der Waals surface area (Å²) in [6.07, 6.45) is 5.22. The van der Waals surface area contributed by atoms with E-state index in [2.05, 4.69) is 32.3 Å². The van der Waals surface area contributed by atoms with Crippen LogP contribution in [0.2, 0.25) is 0 Å². The molecule has 0 bridgehead atoms. The van der Waals surface area contributed by atoms with Crippen LogP contribution in [0.1, 0.15) is 60.4 Å². The zero-order valence-corrected chi connectivity index (χ0v) is 15.5. The normalized spacial score (nSPS) is 21.2. The maximum atomic E-state index is 6.28. The number of piperidine rings is 1. The average molecular weight is 370 g/mol. The van der Waals surface area contributed by atoms with Crippen LogP contribution in [-0.2, 0) is 12.1 Å². The number of hydrogen-bond acceptors (Lipinski definition) is 7. The first-order valence-electron chi connectivity index (χ1n) is 8.39. The van der Waals surface area contributed by atoms with Crippen LogP contribution in [0.4, 0.5) is 0 Å². The van der Waals surface area contributed by atoms with Gasteiger partial charge in [0, 0.05) is 17.8 Å². The second-order valence-corrected chi connectivity index (χ2v) is 7.94. The van der Waals surface area contributed by atoms with Crippen molar-refractivity contribution in [3.63, 3.8) is 0 Å². The van der Waals surface area contributed by atoms with Crippen molar-refractivity contribution in [1.29, 1.82) is 0 Å². The molecule has 2 aromatic rings. The van der Waals surface area contributed by atoms with Crippen LogP contribution >= 0.6 is 23.7 Å². The molecule has 24 heavy (non-hydrogen) atoms. The van der Waals surface area contributed by atoms with Gasteiger partial charge in [-0.1, -0.05) is 5.16 Å². The van der Waals surface area contributed by atoms with Crippen molar-refractivity contribution in [3.8, 4) is 0 Å². The van der Waals surface area contributed by atoms with E-state index >= 15 is 0 Å². The van der Waals surface area contributed by atoms with Gasteiger partial charge in [0.15, 0.2) is 5.82 Å². The molecular weight excluding hydrogens is 346 g/mol. The highest BCUT2D eigenvalue weighted by atomic mass is 35.5. The molecule has 132 valence electrons. The minimum atomic E-state index is -0.328. The van der Waals surface area contributed by atoms with Gasteiger partial charge < -0.3 is 10.3 Å². The van der Waals surface area contributed by atoms with Gasteiger partial charge >= 0.3 is 0 Å². The smallest absolute Gasteiger partial charge is 0.229 e. The molecular formula is C16H24ClN5OS. The van der Waals surface area contributed by atoms with Crippen LogP contribution in [-0.4, -0.2) is 33.1 Å². The molecule has 2 fully saturated rings. The molecule has 0 radical (unpaired) electrons. The van der Waals surface area contributed by atoms with E-state index in [0.29, 0.717) is 11.7 Å². The molecule has 3 heterocycles. The molecule has 2 aliphatic rings. The molecule has 0 amide bonds. The van der Waals surface area contributed by atoms with Gasteiger partial charge in [-0.15, -0.1) is 23.7 Å². The Kier molecular flexibility index (Phi) is 5.24. The van der Waals surface area contributed by atoms with Gasteiger partial charge in [0.2, 0.25) is 5.89 Å². The molecule has 0 aromatic carbocycles. The third kappa shape index (κ3) is 3.49. The first-order chi connectivity index (χ1) is 11.1. The summed E-state index contributed by atoms with van der Waals surface area (Å²) in [6, 6.07) is 0. The predicted molar refractivity (Wildman–Crippen MR) is 95.4 cm³/mol. The molecule has 4 rings (SSSR count). The molecule has 1 saturated carbocycles. The van der Waals surface area contributed by atoms with Crippen molar-refractivity contribution in [1.82, 2.24) is 20.0 Å². The van der Waals surface area contributed by atoms with E-state index < -0.39 is 0 Å². The third-order valence-electron chi connectivity index (χ3n) is 5.12. The third-order valence-corrected chi connectivity index (χ3v) is 5.94. The van der Waals surface area contributed by atoms with Crippen LogP contribution in [0.5, 0.6) is 0 Å². The second-order valence-electron chi connectivity index (χ2n) is 6.87. The van der Waals surface area contributed by atoms with Crippen LogP contribution in [0.15, 0.2) is 9.90 Å². The summed E-state index contributed by atoms with van der Waals surface area (Å²) < 4.78 is 5.51. The maximum absolute atomic E-state index is 6.28. The molecule has 1 aliphatic carbocycles. The predicted octanol–water partition coefficient (Wildman–Crippen LogP) is 2.97. The van der Waals surface area contributed by atoms with Crippen LogP contribution in [0.25, 0.3) is 0 Å². The number of nitrogens with zero attached hydrogens (tertiary/aromatic N) is 4. The van der Waals surface area contributed by atoms with E-state index in [1.54, 1.807) is 11.3 Å². The van der Waals surface area contributed by atoms with E-state index in [4.69, 9.17) is 10.3 Å². The van der Waals surface area contributed by atoms with Crippen molar-refractivity contribution in [3.05, 3.63) is 27.8 Å². The van der Waals surface area contributed by atoms with Crippen molar-refractivity contribution in [2.45, 2.75) is 57.0 Å². The first kappa shape index (κ1) is 17.8. The Labute approximate surface area is 152 Å². The second kappa shape index (κ2) is 7.07. The Bertz CT molecular complexity index is 676. The lowest BCUT2D eigenvalue weighted by Crippen LogP contribution is -2.44. The van der Waals surface area contributed by atoms with Crippen LogP contribution in [0, 0.1) is 6.92 Å². The highest BCUT2D eigenvalue weighted by Gasteiger charge is 2.39. The standard InChI is InChI=1S/C16H23N5OS.ClH/c1-11-18-13(10-23-11)9-21-7-3-12(4-8-21)14-19-15(20-22-14)16(17)5-2-6-16;/h10,12H,2-9,17H2,1H3;1H. The largest absolute Gasteiger partial charge is 0.339 e. The summed E-state index contributed by atoms with van der Waals surface area (Å²) in [5.74, 6) is 1.85. The average Bonchev–Trinajstić information content (AvgIpc) is 3.15. The van der Waals surface area contributed by atoms with Gasteiger partial charge in [-0.05, 0) is 52.1 Å². The number of hydrogen-bond donors (Lipinski definition) is 1. The fraction of sp³-hybridized carbons (Fsp3) is 0.688. The lowest BCUT2D eigenvalue weighted by atomic mass is 9.77. The minimum absolute atomic E-state index is 0. The van der Waals surface area contributed by atoms with Crippen molar-refractivity contribution < 1.29 is 4.52 Å². The lowest BCUT2D eigenvalue weighted by Gasteiger charge is -2.34. The minimum Gasteiger partial charge on any atom is -0.339 e. The van der Waals surface area contributed by atoms with E-state index in [1.165, 1.54) is 5.69 Å². The van der Waals surface area contributed by atoms with Crippen molar-refractivity contribution in [2.75, 3.05) is 13.1 Å². The monoisotopic (exact) mass is 369 g/mol. The Hall–Kier alpha value is -1.02. The molecule has 6 nitrogen and oxygen atoms in total. The lowest BCUT2D eigenvalue weighted by molar-refractivity contribution is 0.185. The fourth-order valence-electron chi connectivity index (χ4n) is 3.43. The Balaban J connectivity index is 0.00000169. The van der Waals surface area contributed by atoms with Crippen LogP contribution in [0.3, 0.4) is 0 Å². The Morgan fingerprint density at radius 2 is 2.08 bits per heavy atom. The first-order valence-corrected chi connectivity index (χ1v) is 9.27. The number of nitrogens with two attached hydrogens (primary N) is 1. The molecule has 0 unspecified atom stereocenters. The quantitative estimate of drug-likeness (QED) is 0.892. The topological polar surface area (TPSA) is 81.1 Å². The number of aromatic nitrogens is 3. The number of aryl methyl sites for hydroxylation is 1. The molecule has 2 N–H and O–H groups in total. The molecule has 8 heteroatoms. The number of likely N-dealkylation sites (tertiary alicyclic amines) is 1.